The Bertz CT molecular complexity index is 475. The highest BCUT2D eigenvalue weighted by molar-refractivity contribution is 6.31. The van der Waals surface area contributed by atoms with E-state index in [4.69, 9.17) is 16.3 Å². The number of amides is 1. The first-order valence-corrected chi connectivity index (χ1v) is 7.60. The maximum absolute atomic E-state index is 12.0. The van der Waals surface area contributed by atoms with Crippen LogP contribution in [0, 0.1) is 0 Å². The molecule has 0 fully saturated rings. The standard InChI is InChI=1S/C16H25ClN2O2/c1-11(2)18-9-13-14(17)7-6-8-15(13)21-10-16(20)19(5)12(3)4/h6-8,11-12,18H,9-10H2,1-5H3. The Hall–Kier alpha value is -1.26. The zero-order valence-electron chi connectivity index (χ0n) is 13.4. The summed E-state index contributed by atoms with van der Waals surface area (Å²) in [5.41, 5.74) is 0.882. The summed E-state index contributed by atoms with van der Waals surface area (Å²) in [6.07, 6.45) is 0. The van der Waals surface area contributed by atoms with Gasteiger partial charge in [0.05, 0.1) is 0 Å². The van der Waals surface area contributed by atoms with Gasteiger partial charge in [0.1, 0.15) is 5.75 Å². The van der Waals surface area contributed by atoms with Crippen LogP contribution in [0.5, 0.6) is 5.75 Å². The second kappa shape index (κ2) is 8.25. The fraction of sp³-hybridized carbons (Fsp3) is 0.562. The van der Waals surface area contributed by atoms with Gasteiger partial charge in [0.15, 0.2) is 6.61 Å². The predicted octanol–water partition coefficient (Wildman–Crippen LogP) is 3.08. The molecule has 0 aliphatic rings. The molecule has 1 aromatic rings. The van der Waals surface area contributed by atoms with Gasteiger partial charge in [-0.3, -0.25) is 4.79 Å². The quantitative estimate of drug-likeness (QED) is 0.841. The molecule has 0 heterocycles. The SMILES string of the molecule is CC(C)NCc1c(Cl)cccc1OCC(=O)N(C)C(C)C. The van der Waals surface area contributed by atoms with Crippen LogP contribution in [0.15, 0.2) is 18.2 Å². The minimum atomic E-state index is -0.0484. The normalized spacial score (nSPS) is 11.0. The molecule has 0 saturated heterocycles. The molecule has 1 N–H and O–H groups in total. The van der Waals surface area contributed by atoms with E-state index in [1.807, 2.05) is 32.0 Å². The van der Waals surface area contributed by atoms with Crippen LogP contribution in [-0.4, -0.2) is 36.5 Å². The zero-order valence-corrected chi connectivity index (χ0v) is 14.2. The van der Waals surface area contributed by atoms with Crippen LogP contribution in [0.4, 0.5) is 0 Å². The Balaban J connectivity index is 2.74. The summed E-state index contributed by atoms with van der Waals surface area (Å²) in [6.45, 7) is 8.70. The average Bonchev–Trinajstić information content (AvgIpc) is 2.42. The molecule has 0 spiro atoms. The molecule has 0 aliphatic heterocycles. The summed E-state index contributed by atoms with van der Waals surface area (Å²) in [5, 5.41) is 3.96. The monoisotopic (exact) mass is 312 g/mol. The maximum atomic E-state index is 12.0. The van der Waals surface area contributed by atoms with E-state index in [0.717, 1.165) is 5.56 Å². The molecule has 1 amide bonds. The number of benzene rings is 1. The van der Waals surface area contributed by atoms with E-state index in [1.165, 1.54) is 0 Å². The van der Waals surface area contributed by atoms with E-state index in [0.29, 0.717) is 23.4 Å². The Morgan fingerprint density at radius 2 is 2.00 bits per heavy atom. The van der Waals surface area contributed by atoms with Crippen molar-refractivity contribution in [3.8, 4) is 5.75 Å². The fourth-order valence-electron chi connectivity index (χ4n) is 1.68. The van der Waals surface area contributed by atoms with Gasteiger partial charge < -0.3 is 15.0 Å². The smallest absolute Gasteiger partial charge is 0.260 e. The highest BCUT2D eigenvalue weighted by Crippen LogP contribution is 2.26. The topological polar surface area (TPSA) is 41.6 Å². The van der Waals surface area contributed by atoms with Gasteiger partial charge in [-0.25, -0.2) is 0 Å². The molecule has 0 radical (unpaired) electrons. The first-order chi connectivity index (χ1) is 9.82. The van der Waals surface area contributed by atoms with Gasteiger partial charge in [0.2, 0.25) is 0 Å². The number of nitrogens with zero attached hydrogens (tertiary/aromatic N) is 1. The number of nitrogens with one attached hydrogen (secondary N) is 1. The Morgan fingerprint density at radius 3 is 2.57 bits per heavy atom. The third-order valence-corrected chi connectivity index (χ3v) is 3.64. The summed E-state index contributed by atoms with van der Waals surface area (Å²) >= 11 is 6.23. The minimum Gasteiger partial charge on any atom is -0.483 e. The van der Waals surface area contributed by atoms with Gasteiger partial charge in [-0.2, -0.15) is 0 Å². The number of likely N-dealkylation sites (N-methyl/N-ethyl adjacent to an activating group) is 1. The largest absolute Gasteiger partial charge is 0.483 e. The molecule has 0 aliphatic carbocycles. The van der Waals surface area contributed by atoms with Crippen LogP contribution < -0.4 is 10.1 Å². The fourth-order valence-corrected chi connectivity index (χ4v) is 1.91. The van der Waals surface area contributed by atoms with Gasteiger partial charge in [-0.1, -0.05) is 31.5 Å². The van der Waals surface area contributed by atoms with Crippen molar-refractivity contribution in [3.05, 3.63) is 28.8 Å². The van der Waals surface area contributed by atoms with Crippen LogP contribution in [0.1, 0.15) is 33.3 Å². The molecule has 1 rings (SSSR count). The molecule has 0 bridgehead atoms. The third kappa shape index (κ3) is 5.56. The summed E-state index contributed by atoms with van der Waals surface area (Å²) in [7, 11) is 1.77. The van der Waals surface area contributed by atoms with Crippen molar-refractivity contribution in [1.29, 1.82) is 0 Å². The molecule has 5 heteroatoms. The average molecular weight is 313 g/mol. The van der Waals surface area contributed by atoms with Crippen molar-refractivity contribution in [2.24, 2.45) is 0 Å². The summed E-state index contributed by atoms with van der Waals surface area (Å²) in [4.78, 5) is 13.6. The number of halogens is 1. The first-order valence-electron chi connectivity index (χ1n) is 7.22. The lowest BCUT2D eigenvalue weighted by Gasteiger charge is -2.22. The predicted molar refractivity (Wildman–Crippen MR) is 86.8 cm³/mol. The van der Waals surface area contributed by atoms with Gasteiger partial charge in [0, 0.05) is 36.3 Å². The van der Waals surface area contributed by atoms with E-state index < -0.39 is 0 Å². The van der Waals surface area contributed by atoms with E-state index in [-0.39, 0.29) is 18.6 Å². The second-order valence-corrected chi connectivity index (χ2v) is 6.05. The second-order valence-electron chi connectivity index (χ2n) is 5.64. The van der Waals surface area contributed by atoms with Crippen LogP contribution >= 0.6 is 11.6 Å². The van der Waals surface area contributed by atoms with Crippen molar-refractivity contribution < 1.29 is 9.53 Å². The zero-order chi connectivity index (χ0) is 16.0. The van der Waals surface area contributed by atoms with Crippen LogP contribution in [0.2, 0.25) is 5.02 Å². The Morgan fingerprint density at radius 1 is 1.33 bits per heavy atom. The minimum absolute atomic E-state index is 0.0176. The van der Waals surface area contributed by atoms with Crippen molar-refractivity contribution in [2.75, 3.05) is 13.7 Å². The van der Waals surface area contributed by atoms with Crippen molar-refractivity contribution in [1.82, 2.24) is 10.2 Å². The van der Waals surface area contributed by atoms with Gasteiger partial charge in [-0.05, 0) is 26.0 Å². The molecule has 0 atom stereocenters. The number of rotatable bonds is 7. The Kier molecular flexibility index (Phi) is 6.99. The van der Waals surface area contributed by atoms with E-state index in [1.54, 1.807) is 11.9 Å². The lowest BCUT2D eigenvalue weighted by atomic mass is 10.2. The summed E-state index contributed by atoms with van der Waals surface area (Å²) < 4.78 is 5.67. The first kappa shape index (κ1) is 17.8. The van der Waals surface area contributed by atoms with Crippen molar-refractivity contribution in [3.63, 3.8) is 0 Å². The van der Waals surface area contributed by atoms with Crippen LogP contribution in [0.25, 0.3) is 0 Å². The number of carbonyl (C=O) groups is 1. The van der Waals surface area contributed by atoms with Gasteiger partial charge >= 0.3 is 0 Å². The van der Waals surface area contributed by atoms with E-state index in [2.05, 4.69) is 19.2 Å². The van der Waals surface area contributed by atoms with Crippen LogP contribution in [0.3, 0.4) is 0 Å². The highest BCUT2D eigenvalue weighted by Gasteiger charge is 2.14. The number of carbonyl (C=O) groups excluding carboxylic acids is 1. The molecule has 118 valence electrons. The molecule has 0 saturated carbocycles. The summed E-state index contributed by atoms with van der Waals surface area (Å²) in [5.74, 6) is 0.605. The van der Waals surface area contributed by atoms with E-state index in [9.17, 15) is 4.79 Å². The van der Waals surface area contributed by atoms with Gasteiger partial charge in [0.25, 0.3) is 5.91 Å². The maximum Gasteiger partial charge on any atom is 0.260 e. The van der Waals surface area contributed by atoms with E-state index >= 15 is 0 Å². The molecule has 1 aromatic carbocycles. The third-order valence-electron chi connectivity index (χ3n) is 3.28. The number of hydrogen-bond donors (Lipinski definition) is 1. The highest BCUT2D eigenvalue weighted by atomic mass is 35.5. The van der Waals surface area contributed by atoms with Gasteiger partial charge in [-0.15, -0.1) is 0 Å². The number of ether oxygens (including phenoxy) is 1. The molecule has 0 aromatic heterocycles. The molecular formula is C16H25ClN2O2. The van der Waals surface area contributed by atoms with Crippen LogP contribution in [-0.2, 0) is 11.3 Å². The lowest BCUT2D eigenvalue weighted by Crippen LogP contribution is -2.36. The number of hydrogen-bond acceptors (Lipinski definition) is 3. The van der Waals surface area contributed by atoms with Crippen molar-refractivity contribution >= 4 is 17.5 Å². The summed E-state index contributed by atoms with van der Waals surface area (Å²) in [6, 6.07) is 6.00. The molecule has 21 heavy (non-hydrogen) atoms. The Labute approximate surface area is 132 Å². The molecular weight excluding hydrogens is 288 g/mol. The molecule has 4 nitrogen and oxygen atoms in total. The van der Waals surface area contributed by atoms with Crippen molar-refractivity contribution in [2.45, 2.75) is 46.3 Å². The lowest BCUT2D eigenvalue weighted by molar-refractivity contribution is -0.133. The molecule has 0 unspecified atom stereocenters.